The fourth-order valence-electron chi connectivity index (χ4n) is 3.49. The summed E-state index contributed by atoms with van der Waals surface area (Å²) in [5.74, 6) is 2.12. The molecule has 0 N–H and O–H groups in total. The van der Waals surface area contributed by atoms with E-state index in [4.69, 9.17) is 21.6 Å². The number of hydrogen-bond donors (Lipinski definition) is 0. The Morgan fingerprint density at radius 2 is 2.34 bits per heavy atom. The van der Waals surface area contributed by atoms with E-state index in [-0.39, 0.29) is 5.97 Å². The Balaban J connectivity index is 1.79. The van der Waals surface area contributed by atoms with Crippen molar-refractivity contribution >= 4 is 35.1 Å². The lowest BCUT2D eigenvalue weighted by atomic mass is 10.0. The van der Waals surface area contributed by atoms with Gasteiger partial charge in [0.05, 0.1) is 24.1 Å². The molecule has 29 heavy (non-hydrogen) atoms. The van der Waals surface area contributed by atoms with Crippen LogP contribution in [0.15, 0.2) is 17.2 Å². The third-order valence-corrected chi connectivity index (χ3v) is 6.93. The zero-order chi connectivity index (χ0) is 21.1. The van der Waals surface area contributed by atoms with Crippen LogP contribution in [0.1, 0.15) is 58.8 Å². The number of carbonyl (C=O) groups is 1. The van der Waals surface area contributed by atoms with E-state index < -0.39 is 0 Å². The first-order valence-electron chi connectivity index (χ1n) is 10.6. The minimum absolute atomic E-state index is 0.142. The number of unbranched alkanes of at least 4 members (excludes halogenated alkanes) is 1. The number of thioether (sulfide) groups is 1. The molecule has 1 saturated heterocycles. The number of rotatable bonds is 12. The van der Waals surface area contributed by atoms with Gasteiger partial charge in [-0.25, -0.2) is 4.98 Å². The van der Waals surface area contributed by atoms with Crippen molar-refractivity contribution in [2.24, 2.45) is 11.8 Å². The zero-order valence-electron chi connectivity index (χ0n) is 17.5. The standard InChI is InChI=1S/C22H32ClN3O2S/c1-3-5-6-17(4-2)16-28-20(27)10-14-29-19-8-12-25-22(21(19)23)26-13-9-18(15-26)7-11-24/h8,12,17-18H,3-7,9-10,13-16H2,1-2H3. The second-order valence-electron chi connectivity index (χ2n) is 7.61. The Hall–Kier alpha value is -1.45. The van der Waals surface area contributed by atoms with Gasteiger partial charge in [0.15, 0.2) is 0 Å². The molecular weight excluding hydrogens is 406 g/mol. The van der Waals surface area contributed by atoms with Crippen molar-refractivity contribution in [2.45, 2.75) is 63.7 Å². The molecule has 0 aromatic carbocycles. The van der Waals surface area contributed by atoms with Gasteiger partial charge in [-0.05, 0) is 30.7 Å². The highest BCUT2D eigenvalue weighted by Crippen LogP contribution is 2.36. The van der Waals surface area contributed by atoms with Gasteiger partial charge >= 0.3 is 5.97 Å². The van der Waals surface area contributed by atoms with Crippen LogP contribution in [0.4, 0.5) is 5.82 Å². The van der Waals surface area contributed by atoms with Gasteiger partial charge in [0, 0.05) is 36.4 Å². The normalized spacial score (nSPS) is 17.2. The molecule has 0 saturated carbocycles. The molecule has 0 aliphatic carbocycles. The number of ether oxygens (including phenoxy) is 1. The molecule has 1 aromatic heterocycles. The maximum Gasteiger partial charge on any atom is 0.306 e. The molecule has 2 unspecified atom stereocenters. The van der Waals surface area contributed by atoms with E-state index in [1.165, 1.54) is 12.8 Å². The van der Waals surface area contributed by atoms with Gasteiger partial charge in [0.1, 0.15) is 5.82 Å². The minimum Gasteiger partial charge on any atom is -0.465 e. The van der Waals surface area contributed by atoms with Crippen LogP contribution in [0.25, 0.3) is 0 Å². The Kier molecular flexibility index (Phi) is 10.7. The number of halogens is 1. The highest BCUT2D eigenvalue weighted by Gasteiger charge is 2.25. The van der Waals surface area contributed by atoms with Crippen molar-refractivity contribution in [2.75, 3.05) is 30.3 Å². The molecular formula is C22H32ClN3O2S. The van der Waals surface area contributed by atoms with Crippen molar-refractivity contribution in [1.29, 1.82) is 5.26 Å². The first-order valence-corrected chi connectivity index (χ1v) is 12.0. The molecule has 2 atom stereocenters. The van der Waals surface area contributed by atoms with Crippen LogP contribution in [0, 0.1) is 23.2 Å². The average Bonchev–Trinajstić information content (AvgIpc) is 3.18. The molecule has 2 heterocycles. The summed E-state index contributed by atoms with van der Waals surface area (Å²) in [6, 6.07) is 4.14. The van der Waals surface area contributed by atoms with Crippen molar-refractivity contribution in [3.05, 3.63) is 17.3 Å². The summed E-state index contributed by atoms with van der Waals surface area (Å²) in [5, 5.41) is 9.53. The smallest absolute Gasteiger partial charge is 0.306 e. The lowest BCUT2D eigenvalue weighted by Gasteiger charge is -2.19. The van der Waals surface area contributed by atoms with Crippen LogP contribution in [-0.4, -0.2) is 36.4 Å². The van der Waals surface area contributed by atoms with E-state index in [9.17, 15) is 4.79 Å². The number of aromatic nitrogens is 1. The molecule has 0 amide bonds. The number of nitrogens with zero attached hydrogens (tertiary/aromatic N) is 3. The third kappa shape index (κ3) is 7.71. The van der Waals surface area contributed by atoms with Crippen molar-refractivity contribution in [3.63, 3.8) is 0 Å². The highest BCUT2D eigenvalue weighted by atomic mass is 35.5. The van der Waals surface area contributed by atoms with E-state index >= 15 is 0 Å². The van der Waals surface area contributed by atoms with E-state index in [1.807, 2.05) is 6.07 Å². The van der Waals surface area contributed by atoms with Gasteiger partial charge < -0.3 is 9.64 Å². The van der Waals surface area contributed by atoms with Crippen molar-refractivity contribution in [3.8, 4) is 6.07 Å². The van der Waals surface area contributed by atoms with Crippen LogP contribution in [-0.2, 0) is 9.53 Å². The summed E-state index contributed by atoms with van der Waals surface area (Å²) in [6.45, 7) is 6.54. The monoisotopic (exact) mass is 437 g/mol. The Morgan fingerprint density at radius 3 is 3.07 bits per heavy atom. The third-order valence-electron chi connectivity index (χ3n) is 5.39. The first-order chi connectivity index (χ1) is 14.1. The molecule has 5 nitrogen and oxygen atoms in total. The number of anilines is 1. The lowest BCUT2D eigenvalue weighted by molar-refractivity contribution is -0.144. The van der Waals surface area contributed by atoms with Crippen molar-refractivity contribution < 1.29 is 9.53 Å². The molecule has 0 bridgehead atoms. The Bertz CT molecular complexity index is 695. The molecule has 2 rings (SSSR count). The second kappa shape index (κ2) is 13.0. The van der Waals surface area contributed by atoms with Gasteiger partial charge in [0.25, 0.3) is 0 Å². The lowest BCUT2D eigenvalue weighted by Crippen LogP contribution is -2.21. The van der Waals surface area contributed by atoms with Crippen molar-refractivity contribution in [1.82, 2.24) is 4.98 Å². The largest absolute Gasteiger partial charge is 0.465 e. The summed E-state index contributed by atoms with van der Waals surface area (Å²) >= 11 is 8.15. The molecule has 0 radical (unpaired) electrons. The highest BCUT2D eigenvalue weighted by molar-refractivity contribution is 7.99. The Labute approximate surface area is 184 Å². The molecule has 1 aromatic rings. The number of hydrogen-bond acceptors (Lipinski definition) is 6. The fraction of sp³-hybridized carbons (Fsp3) is 0.682. The summed E-state index contributed by atoms with van der Waals surface area (Å²) in [5.41, 5.74) is 0. The number of esters is 1. The number of carbonyl (C=O) groups excluding carboxylic acids is 1. The second-order valence-corrected chi connectivity index (χ2v) is 9.12. The molecule has 7 heteroatoms. The van der Waals surface area contributed by atoms with Crippen LogP contribution >= 0.6 is 23.4 Å². The summed E-state index contributed by atoms with van der Waals surface area (Å²) in [7, 11) is 0. The number of nitriles is 1. The fourth-order valence-corrected chi connectivity index (χ4v) is 4.75. The molecule has 1 aliphatic heterocycles. The maximum absolute atomic E-state index is 12.1. The van der Waals surface area contributed by atoms with Gasteiger partial charge in [0.2, 0.25) is 0 Å². The van der Waals surface area contributed by atoms with E-state index in [2.05, 4.69) is 29.8 Å². The van der Waals surface area contributed by atoms with Gasteiger partial charge in [-0.15, -0.1) is 11.8 Å². The topological polar surface area (TPSA) is 66.2 Å². The molecule has 160 valence electrons. The molecule has 0 spiro atoms. The van der Waals surface area contributed by atoms with Crippen LogP contribution < -0.4 is 4.90 Å². The van der Waals surface area contributed by atoms with Gasteiger partial charge in [-0.3, -0.25) is 4.79 Å². The van der Waals surface area contributed by atoms with Crippen LogP contribution in [0.2, 0.25) is 5.02 Å². The minimum atomic E-state index is -0.142. The predicted molar refractivity (Wildman–Crippen MR) is 119 cm³/mol. The maximum atomic E-state index is 12.1. The summed E-state index contributed by atoms with van der Waals surface area (Å²) in [4.78, 5) is 19.6. The van der Waals surface area contributed by atoms with E-state index in [0.29, 0.717) is 42.1 Å². The first kappa shape index (κ1) is 23.8. The summed E-state index contributed by atoms with van der Waals surface area (Å²) in [6.07, 6.45) is 8.22. The van der Waals surface area contributed by atoms with Gasteiger partial charge in [-0.1, -0.05) is 44.7 Å². The summed E-state index contributed by atoms with van der Waals surface area (Å²) < 4.78 is 5.47. The van der Waals surface area contributed by atoms with Gasteiger partial charge in [-0.2, -0.15) is 5.26 Å². The van der Waals surface area contributed by atoms with Crippen LogP contribution in [0.5, 0.6) is 0 Å². The average molecular weight is 438 g/mol. The SMILES string of the molecule is CCCCC(CC)COC(=O)CCSc1ccnc(N2CCC(CC#N)C2)c1Cl. The quantitative estimate of drug-likeness (QED) is 0.308. The molecule has 1 aliphatic rings. The van der Waals surface area contributed by atoms with E-state index in [1.54, 1.807) is 18.0 Å². The van der Waals surface area contributed by atoms with E-state index in [0.717, 1.165) is 43.1 Å². The predicted octanol–water partition coefficient (Wildman–Crippen LogP) is 5.72. The van der Waals surface area contributed by atoms with Crippen LogP contribution in [0.3, 0.4) is 0 Å². The molecule has 1 fully saturated rings. The Morgan fingerprint density at radius 1 is 1.52 bits per heavy atom. The number of pyridine rings is 1. The zero-order valence-corrected chi connectivity index (χ0v) is 19.1.